The summed E-state index contributed by atoms with van der Waals surface area (Å²) < 4.78 is 26.1. The Labute approximate surface area is 153 Å². The van der Waals surface area contributed by atoms with Gasteiger partial charge in [-0.15, -0.1) is 0 Å². The largest absolute Gasteiger partial charge is 0.347 e. The van der Waals surface area contributed by atoms with Gasteiger partial charge in [0, 0.05) is 23.3 Å². The molecule has 1 amide bonds. The minimum Gasteiger partial charge on any atom is -0.347 e. The Morgan fingerprint density at radius 2 is 1.77 bits per heavy atom. The van der Waals surface area contributed by atoms with Gasteiger partial charge >= 0.3 is 0 Å². The minimum atomic E-state index is -0.971. The third kappa shape index (κ3) is 4.52. The molecule has 0 aliphatic carbocycles. The van der Waals surface area contributed by atoms with Gasteiger partial charge in [-0.3, -0.25) is 4.79 Å². The van der Waals surface area contributed by atoms with Crippen molar-refractivity contribution >= 4 is 29.0 Å². The number of nitrogens with zero attached hydrogens (tertiary/aromatic N) is 2. The number of nitrogens with one attached hydrogen (secondary N) is 2. The molecule has 0 aliphatic heterocycles. The fourth-order valence-electron chi connectivity index (χ4n) is 2.11. The van der Waals surface area contributed by atoms with E-state index in [1.165, 1.54) is 18.5 Å². The highest BCUT2D eigenvalue weighted by molar-refractivity contribution is 6.30. The van der Waals surface area contributed by atoms with Crippen molar-refractivity contribution in [2.24, 2.45) is 0 Å². The number of halogens is 3. The number of carbonyl (C=O) groups is 1. The molecule has 2 aromatic carbocycles. The van der Waals surface area contributed by atoms with Crippen molar-refractivity contribution in [1.29, 1.82) is 0 Å². The molecular weight excluding hydrogens is 362 g/mol. The number of aromatic nitrogens is 2. The Balaban J connectivity index is 1.60. The standard InChI is InChI=1S/C18H13ClF2N4O/c19-12-3-1-11(2-4-12)8-24-18(26)16-9-23-17(10-22-16)25-13-5-6-14(20)15(21)7-13/h1-7,9-10H,8H2,(H,23,25)(H,24,26). The lowest BCUT2D eigenvalue weighted by Crippen LogP contribution is -2.24. The van der Waals surface area contributed by atoms with E-state index >= 15 is 0 Å². The molecule has 26 heavy (non-hydrogen) atoms. The summed E-state index contributed by atoms with van der Waals surface area (Å²) in [7, 11) is 0. The smallest absolute Gasteiger partial charge is 0.271 e. The number of anilines is 2. The summed E-state index contributed by atoms with van der Waals surface area (Å²) in [6.07, 6.45) is 2.62. The molecule has 3 aromatic rings. The lowest BCUT2D eigenvalue weighted by Gasteiger charge is -2.07. The molecule has 8 heteroatoms. The molecule has 0 bridgehead atoms. The number of hydrogen-bond acceptors (Lipinski definition) is 4. The molecular formula is C18H13ClF2N4O. The van der Waals surface area contributed by atoms with E-state index in [0.717, 1.165) is 17.7 Å². The predicted molar refractivity (Wildman–Crippen MR) is 94.3 cm³/mol. The van der Waals surface area contributed by atoms with Gasteiger partial charge in [-0.1, -0.05) is 23.7 Å². The fourth-order valence-corrected chi connectivity index (χ4v) is 2.23. The first-order chi connectivity index (χ1) is 12.5. The number of hydrogen-bond donors (Lipinski definition) is 2. The van der Waals surface area contributed by atoms with Crippen LogP contribution in [0.4, 0.5) is 20.3 Å². The molecule has 5 nitrogen and oxygen atoms in total. The van der Waals surface area contributed by atoms with Crippen LogP contribution in [0.2, 0.25) is 5.02 Å². The van der Waals surface area contributed by atoms with Gasteiger partial charge < -0.3 is 10.6 Å². The van der Waals surface area contributed by atoms with Gasteiger partial charge in [0.1, 0.15) is 11.5 Å². The molecule has 0 fully saturated rings. The van der Waals surface area contributed by atoms with Crippen LogP contribution in [-0.4, -0.2) is 15.9 Å². The zero-order chi connectivity index (χ0) is 18.5. The van der Waals surface area contributed by atoms with Gasteiger partial charge in [-0.2, -0.15) is 0 Å². The van der Waals surface area contributed by atoms with Crippen molar-refractivity contribution in [2.75, 3.05) is 5.32 Å². The number of rotatable bonds is 5. The Morgan fingerprint density at radius 3 is 2.42 bits per heavy atom. The Morgan fingerprint density at radius 1 is 1.00 bits per heavy atom. The van der Waals surface area contributed by atoms with Crippen LogP contribution in [-0.2, 0) is 6.54 Å². The molecule has 0 spiro atoms. The van der Waals surface area contributed by atoms with Gasteiger partial charge in [0.05, 0.1) is 12.4 Å². The summed E-state index contributed by atoms with van der Waals surface area (Å²) in [4.78, 5) is 20.1. The molecule has 0 aliphatic rings. The van der Waals surface area contributed by atoms with Crippen LogP contribution in [0, 0.1) is 11.6 Å². The normalized spacial score (nSPS) is 10.4. The third-order valence-electron chi connectivity index (χ3n) is 3.44. The summed E-state index contributed by atoms with van der Waals surface area (Å²) in [5.41, 5.74) is 1.35. The van der Waals surface area contributed by atoms with Crippen molar-refractivity contribution in [1.82, 2.24) is 15.3 Å². The topological polar surface area (TPSA) is 66.9 Å². The van der Waals surface area contributed by atoms with Crippen LogP contribution in [0.15, 0.2) is 54.9 Å². The predicted octanol–water partition coefficient (Wildman–Crippen LogP) is 4.08. The maximum Gasteiger partial charge on any atom is 0.271 e. The Kier molecular flexibility index (Phi) is 5.38. The summed E-state index contributed by atoms with van der Waals surface area (Å²) in [5, 5.41) is 6.12. The van der Waals surface area contributed by atoms with Crippen molar-refractivity contribution < 1.29 is 13.6 Å². The van der Waals surface area contributed by atoms with Crippen LogP contribution >= 0.6 is 11.6 Å². The molecule has 1 heterocycles. The molecule has 0 radical (unpaired) electrons. The quantitative estimate of drug-likeness (QED) is 0.706. The summed E-state index contributed by atoms with van der Waals surface area (Å²) in [5.74, 6) is -1.99. The first-order valence-electron chi connectivity index (χ1n) is 7.58. The zero-order valence-corrected chi connectivity index (χ0v) is 14.1. The summed E-state index contributed by atoms with van der Waals surface area (Å²) in [6.45, 7) is 0.326. The van der Waals surface area contributed by atoms with E-state index in [1.807, 2.05) is 12.1 Å². The van der Waals surface area contributed by atoms with E-state index in [2.05, 4.69) is 20.6 Å². The van der Waals surface area contributed by atoms with Gasteiger partial charge in [0.2, 0.25) is 0 Å². The Bertz CT molecular complexity index is 917. The second kappa shape index (κ2) is 7.88. The lowest BCUT2D eigenvalue weighted by molar-refractivity contribution is 0.0945. The zero-order valence-electron chi connectivity index (χ0n) is 13.3. The average Bonchev–Trinajstić information content (AvgIpc) is 2.65. The van der Waals surface area contributed by atoms with Crippen LogP contribution < -0.4 is 10.6 Å². The molecule has 3 rings (SSSR count). The van der Waals surface area contributed by atoms with E-state index in [4.69, 9.17) is 11.6 Å². The van der Waals surface area contributed by atoms with Crippen molar-refractivity contribution in [3.05, 3.63) is 82.8 Å². The van der Waals surface area contributed by atoms with Gasteiger partial charge in [-0.05, 0) is 29.8 Å². The molecule has 0 saturated carbocycles. The lowest BCUT2D eigenvalue weighted by atomic mass is 10.2. The first-order valence-corrected chi connectivity index (χ1v) is 7.96. The van der Waals surface area contributed by atoms with E-state index in [9.17, 15) is 13.6 Å². The van der Waals surface area contributed by atoms with Crippen LogP contribution in [0.25, 0.3) is 0 Å². The summed E-state index contributed by atoms with van der Waals surface area (Å²) >= 11 is 5.81. The molecule has 132 valence electrons. The van der Waals surface area contributed by atoms with Gasteiger partial charge in [0.25, 0.3) is 5.91 Å². The van der Waals surface area contributed by atoms with Crippen LogP contribution in [0.1, 0.15) is 16.1 Å². The second-order valence-corrected chi connectivity index (χ2v) is 5.79. The SMILES string of the molecule is O=C(NCc1ccc(Cl)cc1)c1cnc(Nc2ccc(F)c(F)c2)cn1. The third-order valence-corrected chi connectivity index (χ3v) is 3.69. The van der Waals surface area contributed by atoms with Crippen LogP contribution in [0.3, 0.4) is 0 Å². The second-order valence-electron chi connectivity index (χ2n) is 5.35. The van der Waals surface area contributed by atoms with E-state index in [-0.39, 0.29) is 11.6 Å². The number of benzene rings is 2. The van der Waals surface area contributed by atoms with E-state index < -0.39 is 11.6 Å². The summed E-state index contributed by atoms with van der Waals surface area (Å²) in [6, 6.07) is 10.5. The molecule has 0 atom stereocenters. The molecule has 1 aromatic heterocycles. The van der Waals surface area contributed by atoms with Crippen molar-refractivity contribution in [3.63, 3.8) is 0 Å². The monoisotopic (exact) mass is 374 g/mol. The Hall–Kier alpha value is -3.06. The van der Waals surface area contributed by atoms with E-state index in [1.54, 1.807) is 12.1 Å². The number of carbonyl (C=O) groups excluding carboxylic acids is 1. The highest BCUT2D eigenvalue weighted by Crippen LogP contribution is 2.17. The number of amides is 1. The highest BCUT2D eigenvalue weighted by Gasteiger charge is 2.09. The molecule has 2 N–H and O–H groups in total. The van der Waals surface area contributed by atoms with E-state index in [0.29, 0.717) is 23.1 Å². The van der Waals surface area contributed by atoms with Crippen molar-refractivity contribution in [3.8, 4) is 0 Å². The van der Waals surface area contributed by atoms with Crippen molar-refractivity contribution in [2.45, 2.75) is 6.54 Å². The maximum absolute atomic E-state index is 13.2. The minimum absolute atomic E-state index is 0.134. The van der Waals surface area contributed by atoms with Gasteiger partial charge in [-0.25, -0.2) is 18.7 Å². The first kappa shape index (κ1) is 17.8. The molecule has 0 unspecified atom stereocenters. The fraction of sp³-hybridized carbons (Fsp3) is 0.0556. The maximum atomic E-state index is 13.2. The van der Waals surface area contributed by atoms with Crippen LogP contribution in [0.5, 0.6) is 0 Å². The molecule has 0 saturated heterocycles. The average molecular weight is 375 g/mol. The highest BCUT2D eigenvalue weighted by atomic mass is 35.5. The van der Waals surface area contributed by atoms with Gasteiger partial charge in [0.15, 0.2) is 11.6 Å².